The molecule has 1 aliphatic rings. The van der Waals surface area contributed by atoms with Crippen LogP contribution in [-0.4, -0.2) is 16.9 Å². The molecule has 0 heterocycles. The second-order valence-corrected chi connectivity index (χ2v) is 6.76. The third-order valence-electron chi connectivity index (χ3n) is 4.28. The fourth-order valence-corrected chi connectivity index (χ4v) is 3.68. The van der Waals surface area contributed by atoms with Gasteiger partial charge in [-0.05, 0) is 40.8 Å². The number of carboxylic acids is 1. The molecule has 23 heavy (non-hydrogen) atoms. The van der Waals surface area contributed by atoms with Crippen LogP contribution in [-0.2, 0) is 16.0 Å². The first kappa shape index (κ1) is 15.9. The Hall–Kier alpha value is -1.94. The number of benzene rings is 2. The van der Waals surface area contributed by atoms with E-state index in [0.717, 1.165) is 32.8 Å². The van der Waals surface area contributed by atoms with Crippen molar-refractivity contribution in [2.24, 2.45) is 0 Å². The second-order valence-electron chi connectivity index (χ2n) is 5.90. The van der Waals surface area contributed by atoms with Crippen molar-refractivity contribution in [2.45, 2.75) is 32.1 Å². The number of halogens is 1. The van der Waals surface area contributed by atoms with Crippen molar-refractivity contribution in [1.29, 1.82) is 0 Å². The third-order valence-corrected chi connectivity index (χ3v) is 4.97. The average Bonchev–Trinajstić information content (AvgIpc) is 2.50. The highest BCUT2D eigenvalue weighted by Gasteiger charge is 2.22. The van der Waals surface area contributed by atoms with Crippen molar-refractivity contribution in [3.8, 4) is 0 Å². The van der Waals surface area contributed by atoms with Crippen LogP contribution in [0, 0.1) is 0 Å². The Morgan fingerprint density at radius 2 is 2.00 bits per heavy atom. The number of carboxylic acid groups (broad SMARTS) is 1. The first-order valence-electron chi connectivity index (χ1n) is 7.67. The number of carbonyl (C=O) groups excluding carboxylic acids is 1. The van der Waals surface area contributed by atoms with E-state index in [0.29, 0.717) is 24.8 Å². The minimum Gasteiger partial charge on any atom is -0.481 e. The van der Waals surface area contributed by atoms with Gasteiger partial charge in [-0.1, -0.05) is 51.8 Å². The number of allylic oxidation sites excluding steroid dienone is 1. The van der Waals surface area contributed by atoms with E-state index >= 15 is 0 Å². The van der Waals surface area contributed by atoms with E-state index in [-0.39, 0.29) is 12.2 Å². The summed E-state index contributed by atoms with van der Waals surface area (Å²) < 4.78 is 1.04. The van der Waals surface area contributed by atoms with Gasteiger partial charge in [0.05, 0.1) is 6.42 Å². The van der Waals surface area contributed by atoms with Gasteiger partial charge in [0.25, 0.3) is 0 Å². The van der Waals surface area contributed by atoms with Gasteiger partial charge in [-0.3, -0.25) is 9.59 Å². The van der Waals surface area contributed by atoms with Crippen LogP contribution < -0.4 is 0 Å². The summed E-state index contributed by atoms with van der Waals surface area (Å²) in [5.74, 6) is -0.767. The molecule has 0 saturated carbocycles. The quantitative estimate of drug-likeness (QED) is 0.848. The first-order valence-corrected chi connectivity index (χ1v) is 8.47. The van der Waals surface area contributed by atoms with Crippen molar-refractivity contribution < 1.29 is 14.7 Å². The highest BCUT2D eigenvalue weighted by atomic mass is 79.9. The van der Waals surface area contributed by atoms with Crippen molar-refractivity contribution in [3.05, 3.63) is 57.6 Å². The fraction of sp³-hybridized carbons (Fsp3) is 0.263. The zero-order valence-corrected chi connectivity index (χ0v) is 14.2. The summed E-state index contributed by atoms with van der Waals surface area (Å²) in [6.45, 7) is 0. The lowest BCUT2D eigenvalue weighted by molar-refractivity contribution is -0.136. The molecule has 1 aliphatic carbocycles. The zero-order valence-electron chi connectivity index (χ0n) is 12.6. The molecule has 1 N–H and O–H groups in total. The van der Waals surface area contributed by atoms with E-state index in [9.17, 15) is 9.59 Å². The standard InChI is InChI=1S/C19H17BrO3/c20-17-5-1-3-13-9-12(7-8-15(13)17)10-16-14(11-19(22)23)4-2-6-18(16)21/h1,3,5,7-9H,2,4,6,10-11H2,(H,22,23). The molecule has 0 saturated heterocycles. The minimum absolute atomic E-state index is 0.0276. The number of Topliss-reactive ketones (excluding diaryl/α,β-unsaturated/α-hetero) is 1. The molecule has 0 aromatic heterocycles. The SMILES string of the molecule is O=C(O)CC1=C(Cc2ccc3c(Br)cccc3c2)C(=O)CCC1. The topological polar surface area (TPSA) is 54.4 Å². The van der Waals surface area contributed by atoms with Crippen molar-refractivity contribution >= 4 is 38.5 Å². The number of aliphatic carboxylic acids is 1. The van der Waals surface area contributed by atoms with Crippen LogP contribution >= 0.6 is 15.9 Å². The van der Waals surface area contributed by atoms with E-state index in [1.807, 2.05) is 30.3 Å². The lowest BCUT2D eigenvalue weighted by Crippen LogP contribution is -2.15. The largest absolute Gasteiger partial charge is 0.481 e. The average molecular weight is 373 g/mol. The van der Waals surface area contributed by atoms with Crippen LogP contribution in [0.1, 0.15) is 31.2 Å². The van der Waals surface area contributed by atoms with Crippen LogP contribution in [0.5, 0.6) is 0 Å². The summed E-state index contributed by atoms with van der Waals surface area (Å²) in [6, 6.07) is 12.2. The van der Waals surface area contributed by atoms with E-state index in [2.05, 4.69) is 22.0 Å². The monoisotopic (exact) mass is 372 g/mol. The molecule has 3 rings (SSSR count). The van der Waals surface area contributed by atoms with Crippen LogP contribution in [0.25, 0.3) is 10.8 Å². The molecule has 0 fully saturated rings. The molecule has 0 bridgehead atoms. The van der Waals surface area contributed by atoms with E-state index < -0.39 is 5.97 Å². The number of hydrogen-bond acceptors (Lipinski definition) is 2. The van der Waals surface area contributed by atoms with Crippen molar-refractivity contribution in [1.82, 2.24) is 0 Å². The molecule has 118 valence electrons. The lowest BCUT2D eigenvalue weighted by Gasteiger charge is -2.18. The van der Waals surface area contributed by atoms with Crippen LogP contribution in [0.2, 0.25) is 0 Å². The normalized spacial score (nSPS) is 15.3. The molecule has 0 spiro atoms. The Balaban J connectivity index is 1.96. The minimum atomic E-state index is -0.866. The summed E-state index contributed by atoms with van der Waals surface area (Å²) in [7, 11) is 0. The van der Waals surface area contributed by atoms with Crippen LogP contribution in [0.15, 0.2) is 52.0 Å². The molecule has 0 aliphatic heterocycles. The summed E-state index contributed by atoms with van der Waals surface area (Å²) in [5, 5.41) is 11.3. The Morgan fingerprint density at radius 1 is 1.17 bits per heavy atom. The van der Waals surface area contributed by atoms with Crippen LogP contribution in [0.4, 0.5) is 0 Å². The number of ketones is 1. The van der Waals surface area contributed by atoms with Crippen LogP contribution in [0.3, 0.4) is 0 Å². The van der Waals surface area contributed by atoms with Gasteiger partial charge in [-0.25, -0.2) is 0 Å². The van der Waals surface area contributed by atoms with Gasteiger partial charge in [-0.2, -0.15) is 0 Å². The highest BCUT2D eigenvalue weighted by Crippen LogP contribution is 2.29. The van der Waals surface area contributed by atoms with E-state index in [1.165, 1.54) is 0 Å². The molecular formula is C19H17BrO3. The van der Waals surface area contributed by atoms with E-state index in [1.54, 1.807) is 0 Å². The van der Waals surface area contributed by atoms with Crippen molar-refractivity contribution in [2.75, 3.05) is 0 Å². The molecule has 4 heteroatoms. The summed E-state index contributed by atoms with van der Waals surface area (Å²) >= 11 is 3.54. The number of carbonyl (C=O) groups is 2. The maximum atomic E-state index is 12.2. The van der Waals surface area contributed by atoms with Crippen molar-refractivity contribution in [3.63, 3.8) is 0 Å². The van der Waals surface area contributed by atoms with Gasteiger partial charge in [0, 0.05) is 17.3 Å². The van der Waals surface area contributed by atoms with Gasteiger partial charge in [0.2, 0.25) is 0 Å². The smallest absolute Gasteiger partial charge is 0.307 e. The zero-order chi connectivity index (χ0) is 16.4. The van der Waals surface area contributed by atoms with Gasteiger partial charge >= 0.3 is 5.97 Å². The highest BCUT2D eigenvalue weighted by molar-refractivity contribution is 9.10. The Bertz CT molecular complexity index is 820. The van der Waals surface area contributed by atoms with Gasteiger partial charge < -0.3 is 5.11 Å². The molecule has 2 aromatic carbocycles. The Morgan fingerprint density at radius 3 is 2.78 bits per heavy atom. The maximum absolute atomic E-state index is 12.2. The summed E-state index contributed by atoms with van der Waals surface area (Å²) in [4.78, 5) is 23.3. The Labute approximate surface area is 143 Å². The second kappa shape index (κ2) is 6.67. The molecule has 0 amide bonds. The third kappa shape index (κ3) is 3.53. The number of rotatable bonds is 4. The number of hydrogen-bond donors (Lipinski definition) is 1. The fourth-order valence-electron chi connectivity index (χ4n) is 3.17. The van der Waals surface area contributed by atoms with E-state index in [4.69, 9.17) is 5.11 Å². The molecule has 0 unspecified atom stereocenters. The van der Waals surface area contributed by atoms with Gasteiger partial charge in [-0.15, -0.1) is 0 Å². The maximum Gasteiger partial charge on any atom is 0.307 e. The molecule has 0 radical (unpaired) electrons. The summed E-state index contributed by atoms with van der Waals surface area (Å²) in [6.07, 6.45) is 2.49. The molecule has 0 atom stereocenters. The number of fused-ring (bicyclic) bond motifs is 1. The lowest BCUT2D eigenvalue weighted by atomic mass is 9.85. The molecule has 3 nitrogen and oxygen atoms in total. The molecular weight excluding hydrogens is 356 g/mol. The van der Waals surface area contributed by atoms with Gasteiger partial charge in [0.15, 0.2) is 5.78 Å². The predicted molar refractivity (Wildman–Crippen MR) is 93.5 cm³/mol. The molecule has 2 aromatic rings. The van der Waals surface area contributed by atoms with Gasteiger partial charge in [0.1, 0.15) is 0 Å². The predicted octanol–water partition coefficient (Wildman–Crippen LogP) is 4.67. The summed E-state index contributed by atoms with van der Waals surface area (Å²) in [5.41, 5.74) is 2.54. The Kier molecular flexibility index (Phi) is 4.62. The first-order chi connectivity index (χ1) is 11.0.